The Morgan fingerprint density at radius 3 is 2.81 bits per heavy atom. The van der Waals surface area contributed by atoms with Gasteiger partial charge in [0.15, 0.2) is 6.29 Å². The van der Waals surface area contributed by atoms with E-state index in [0.717, 1.165) is 18.2 Å². The Labute approximate surface area is 91.2 Å². The van der Waals surface area contributed by atoms with Crippen LogP contribution in [0, 0.1) is 17.7 Å². The van der Waals surface area contributed by atoms with Crippen LogP contribution in [0.4, 0.5) is 4.39 Å². The van der Waals surface area contributed by atoms with Gasteiger partial charge in [-0.1, -0.05) is 5.92 Å². The van der Waals surface area contributed by atoms with Crippen LogP contribution in [0.3, 0.4) is 0 Å². The molecule has 0 amide bonds. The molecule has 80 valence electrons. The first-order valence-electron chi connectivity index (χ1n) is 4.29. The van der Waals surface area contributed by atoms with Crippen molar-refractivity contribution in [2.45, 2.75) is 0 Å². The van der Waals surface area contributed by atoms with Crippen LogP contribution in [-0.4, -0.2) is 17.4 Å². The second-order valence-corrected chi connectivity index (χ2v) is 2.80. The summed E-state index contributed by atoms with van der Waals surface area (Å²) in [6, 6.07) is 3.94. The molecule has 0 fully saturated rings. The van der Waals surface area contributed by atoms with E-state index < -0.39 is 11.8 Å². The third kappa shape index (κ3) is 3.39. The van der Waals surface area contributed by atoms with Crippen molar-refractivity contribution in [3.05, 3.63) is 41.2 Å². The van der Waals surface area contributed by atoms with Crippen molar-refractivity contribution in [2.24, 2.45) is 0 Å². The van der Waals surface area contributed by atoms with E-state index in [4.69, 9.17) is 5.11 Å². The molecule has 1 aromatic carbocycles. The number of carbonyl (C=O) groups excluding carboxylic acids is 1. The number of aldehydes is 1. The molecule has 3 nitrogen and oxygen atoms in total. The molecule has 4 heteroatoms. The smallest absolute Gasteiger partial charge is 0.328 e. The number of halogens is 1. The maximum absolute atomic E-state index is 13.2. The van der Waals surface area contributed by atoms with E-state index in [1.54, 1.807) is 0 Å². The Bertz CT molecular complexity index is 507. The van der Waals surface area contributed by atoms with Crippen molar-refractivity contribution in [3.63, 3.8) is 0 Å². The fraction of sp³-hybridized carbons (Fsp3) is 0. The van der Waals surface area contributed by atoms with Crippen molar-refractivity contribution < 1.29 is 19.1 Å². The highest BCUT2D eigenvalue weighted by atomic mass is 19.1. The molecule has 0 saturated carbocycles. The van der Waals surface area contributed by atoms with Crippen LogP contribution >= 0.6 is 0 Å². The average molecular weight is 218 g/mol. The first-order chi connectivity index (χ1) is 7.63. The molecule has 0 aliphatic rings. The summed E-state index contributed by atoms with van der Waals surface area (Å²) in [6.07, 6.45) is 2.38. The zero-order valence-electron chi connectivity index (χ0n) is 8.11. The fourth-order valence-electron chi connectivity index (χ4n) is 1.02. The van der Waals surface area contributed by atoms with Crippen LogP contribution in [0.2, 0.25) is 0 Å². The predicted octanol–water partition coefficient (Wildman–Crippen LogP) is 1.47. The summed E-state index contributed by atoms with van der Waals surface area (Å²) in [5.41, 5.74) is 0.554. The lowest BCUT2D eigenvalue weighted by atomic mass is 10.1. The molecule has 0 aliphatic heterocycles. The standard InChI is InChI=1S/C12H7FO3/c13-11-5-3-9(2-1-7-14)8-10(11)4-6-12(15)16/h3-8H,(H,15,16)/b6-4+. The number of carboxylic acid groups (broad SMARTS) is 1. The summed E-state index contributed by atoms with van der Waals surface area (Å²) in [5, 5.41) is 8.39. The first-order valence-corrected chi connectivity index (χ1v) is 4.29. The summed E-state index contributed by atoms with van der Waals surface area (Å²) in [7, 11) is 0. The molecule has 0 unspecified atom stereocenters. The second-order valence-electron chi connectivity index (χ2n) is 2.80. The van der Waals surface area contributed by atoms with E-state index in [1.807, 2.05) is 0 Å². The quantitative estimate of drug-likeness (QED) is 0.464. The Morgan fingerprint density at radius 2 is 2.19 bits per heavy atom. The van der Waals surface area contributed by atoms with Crippen molar-refractivity contribution in [1.82, 2.24) is 0 Å². The summed E-state index contributed by atoms with van der Waals surface area (Å²) >= 11 is 0. The maximum Gasteiger partial charge on any atom is 0.328 e. The van der Waals surface area contributed by atoms with Gasteiger partial charge in [-0.05, 0) is 30.2 Å². The molecule has 0 aromatic heterocycles. The van der Waals surface area contributed by atoms with Crippen molar-refractivity contribution in [2.75, 3.05) is 0 Å². The molecule has 0 saturated heterocycles. The number of aliphatic carboxylic acids is 1. The minimum absolute atomic E-state index is 0.111. The number of benzene rings is 1. The Balaban J connectivity index is 3.08. The highest BCUT2D eigenvalue weighted by Gasteiger charge is 1.99. The normalized spacial score (nSPS) is 9.56. The zero-order chi connectivity index (χ0) is 12.0. The van der Waals surface area contributed by atoms with E-state index in [-0.39, 0.29) is 5.56 Å². The minimum Gasteiger partial charge on any atom is -0.478 e. The molecule has 1 N–H and O–H groups in total. The largest absolute Gasteiger partial charge is 0.478 e. The van der Waals surface area contributed by atoms with Crippen LogP contribution in [0.15, 0.2) is 24.3 Å². The lowest BCUT2D eigenvalue weighted by molar-refractivity contribution is -0.131. The Hall–Kier alpha value is -2.41. The molecular weight excluding hydrogens is 211 g/mol. The van der Waals surface area contributed by atoms with Crippen molar-refractivity contribution >= 4 is 18.3 Å². The molecule has 0 bridgehead atoms. The van der Waals surface area contributed by atoms with E-state index in [9.17, 15) is 14.0 Å². The van der Waals surface area contributed by atoms with Gasteiger partial charge >= 0.3 is 5.97 Å². The lowest BCUT2D eigenvalue weighted by Crippen LogP contribution is -1.88. The monoisotopic (exact) mass is 218 g/mol. The van der Waals surface area contributed by atoms with Gasteiger partial charge in [0.1, 0.15) is 5.82 Å². The third-order valence-corrected chi connectivity index (χ3v) is 1.68. The highest BCUT2D eigenvalue weighted by Crippen LogP contribution is 2.11. The fourth-order valence-corrected chi connectivity index (χ4v) is 1.02. The van der Waals surface area contributed by atoms with Crippen LogP contribution < -0.4 is 0 Å². The Kier molecular flexibility index (Phi) is 3.98. The summed E-state index contributed by atoms with van der Waals surface area (Å²) < 4.78 is 13.2. The zero-order valence-corrected chi connectivity index (χ0v) is 8.11. The van der Waals surface area contributed by atoms with E-state index in [2.05, 4.69) is 11.8 Å². The van der Waals surface area contributed by atoms with Crippen molar-refractivity contribution in [1.29, 1.82) is 0 Å². The number of rotatable bonds is 2. The summed E-state index contributed by atoms with van der Waals surface area (Å²) in [4.78, 5) is 20.3. The molecule has 0 heterocycles. The third-order valence-electron chi connectivity index (χ3n) is 1.68. The minimum atomic E-state index is -1.16. The summed E-state index contributed by atoms with van der Waals surface area (Å²) in [5.74, 6) is 2.96. The van der Waals surface area contributed by atoms with Crippen LogP contribution in [0.5, 0.6) is 0 Å². The summed E-state index contributed by atoms with van der Waals surface area (Å²) in [6.45, 7) is 0. The van der Waals surface area contributed by atoms with Gasteiger partial charge in [-0.25, -0.2) is 9.18 Å². The van der Waals surface area contributed by atoms with Gasteiger partial charge in [0, 0.05) is 17.2 Å². The molecule has 0 radical (unpaired) electrons. The molecule has 0 spiro atoms. The molecule has 0 atom stereocenters. The Morgan fingerprint density at radius 1 is 1.44 bits per heavy atom. The van der Waals surface area contributed by atoms with Gasteiger partial charge in [-0.2, -0.15) is 0 Å². The number of carboxylic acids is 1. The molecule has 0 aliphatic carbocycles. The molecule has 1 rings (SSSR count). The van der Waals surface area contributed by atoms with Gasteiger partial charge in [0.2, 0.25) is 0 Å². The first kappa shape index (κ1) is 11.7. The highest BCUT2D eigenvalue weighted by molar-refractivity contribution is 5.85. The van der Waals surface area contributed by atoms with Crippen LogP contribution in [0.25, 0.3) is 6.08 Å². The number of carbonyl (C=O) groups is 2. The molecular formula is C12H7FO3. The molecule has 16 heavy (non-hydrogen) atoms. The maximum atomic E-state index is 13.2. The van der Waals surface area contributed by atoms with Gasteiger partial charge in [0.05, 0.1) is 0 Å². The van der Waals surface area contributed by atoms with Crippen LogP contribution in [0.1, 0.15) is 11.1 Å². The predicted molar refractivity (Wildman–Crippen MR) is 56.0 cm³/mol. The topological polar surface area (TPSA) is 54.4 Å². The van der Waals surface area contributed by atoms with Gasteiger partial charge in [0.25, 0.3) is 0 Å². The SMILES string of the molecule is O=CC#Cc1ccc(F)c(/C=C/C(=O)O)c1. The van der Waals surface area contributed by atoms with E-state index in [1.165, 1.54) is 12.1 Å². The van der Waals surface area contributed by atoms with Gasteiger partial charge < -0.3 is 5.11 Å². The number of hydrogen-bond donors (Lipinski definition) is 1. The van der Waals surface area contributed by atoms with Gasteiger partial charge in [-0.3, -0.25) is 4.79 Å². The second kappa shape index (κ2) is 5.47. The van der Waals surface area contributed by atoms with Crippen molar-refractivity contribution in [3.8, 4) is 11.8 Å². The van der Waals surface area contributed by atoms with Gasteiger partial charge in [-0.15, -0.1) is 0 Å². The van der Waals surface area contributed by atoms with E-state index in [0.29, 0.717) is 11.8 Å². The lowest BCUT2D eigenvalue weighted by Gasteiger charge is -1.97. The van der Waals surface area contributed by atoms with Crippen LogP contribution in [-0.2, 0) is 9.59 Å². The average Bonchev–Trinajstić information content (AvgIpc) is 2.26. The molecule has 1 aromatic rings. The number of hydrogen-bond acceptors (Lipinski definition) is 2. The van der Waals surface area contributed by atoms with E-state index >= 15 is 0 Å².